The number of ether oxygens (including phenoxy) is 4. The molecular weight excluding hydrogens is 1350 g/mol. The molecule has 0 aromatic heterocycles. The summed E-state index contributed by atoms with van der Waals surface area (Å²) in [7, 11) is -9.92. The van der Waals surface area contributed by atoms with Gasteiger partial charge in [0.1, 0.15) is 19.3 Å². The van der Waals surface area contributed by atoms with Gasteiger partial charge in [-0.15, -0.1) is 0 Å². The molecule has 17 nitrogen and oxygen atoms in total. The number of carbonyl (C=O) groups excluding carboxylic acids is 4. The Balaban J connectivity index is 5.23. The van der Waals surface area contributed by atoms with E-state index in [2.05, 4.69) is 34.6 Å². The monoisotopic (exact) mass is 1520 g/mol. The molecule has 3 unspecified atom stereocenters. The fraction of sp³-hybridized carbons (Fsp3) is 0.953. The zero-order chi connectivity index (χ0) is 76.2. The number of hydrogen-bond acceptors (Lipinski definition) is 15. The van der Waals surface area contributed by atoms with Crippen molar-refractivity contribution in [2.75, 3.05) is 39.6 Å². The fourth-order valence-corrected chi connectivity index (χ4v) is 14.8. The molecule has 0 aliphatic carbocycles. The van der Waals surface area contributed by atoms with Crippen LogP contribution in [-0.2, 0) is 65.4 Å². The van der Waals surface area contributed by atoms with Crippen molar-refractivity contribution < 1.29 is 80.2 Å². The molecule has 0 saturated heterocycles. The first-order valence-electron chi connectivity index (χ1n) is 44.2. The molecule has 3 N–H and O–H groups in total. The zero-order valence-corrected chi connectivity index (χ0v) is 70.0. The SMILES string of the molecule is CCCCCCCCCCCCCCCCCCCCCC(=O)O[C@H](COC(=O)CCCCCCCCCCCCCCCCC(C)CC)COP(=O)(O)OC[C@@H](O)COP(=O)(O)OC[C@@H](COC(=O)CCCCCCCCCCCC)OC(=O)CCCCCCCCCCCCCCCCCCC. The summed E-state index contributed by atoms with van der Waals surface area (Å²) in [6.45, 7) is 7.41. The molecule has 0 aromatic rings. The largest absolute Gasteiger partial charge is 0.472 e. The normalized spacial score (nSPS) is 14.0. The molecule has 0 aliphatic rings. The van der Waals surface area contributed by atoms with E-state index in [-0.39, 0.29) is 25.7 Å². The summed E-state index contributed by atoms with van der Waals surface area (Å²) in [6.07, 6.45) is 70.7. The second-order valence-electron chi connectivity index (χ2n) is 30.8. The first-order valence-corrected chi connectivity index (χ1v) is 47.2. The van der Waals surface area contributed by atoms with E-state index in [1.807, 2.05) is 0 Å². The minimum Gasteiger partial charge on any atom is -0.462 e. The molecule has 0 aliphatic heterocycles. The second kappa shape index (κ2) is 77.8. The maximum Gasteiger partial charge on any atom is 0.472 e. The molecular formula is C85H166O17P2. The number of rotatable bonds is 85. The molecule has 6 atom stereocenters. The van der Waals surface area contributed by atoms with Crippen molar-refractivity contribution in [2.45, 2.75) is 477 Å². The average molecular weight is 1520 g/mol. The van der Waals surface area contributed by atoms with Crippen LogP contribution in [0.4, 0.5) is 0 Å². The number of unbranched alkanes of at least 4 members (excludes halogenated alkanes) is 56. The van der Waals surface area contributed by atoms with E-state index < -0.39 is 97.5 Å². The molecule has 0 amide bonds. The summed E-state index contributed by atoms with van der Waals surface area (Å²) in [6, 6.07) is 0. The van der Waals surface area contributed by atoms with E-state index in [1.54, 1.807) is 0 Å². The third kappa shape index (κ3) is 76.8. The Bertz CT molecular complexity index is 1980. The molecule has 0 rings (SSSR count). The first-order chi connectivity index (χ1) is 50.6. The molecule has 0 saturated carbocycles. The molecule has 618 valence electrons. The van der Waals surface area contributed by atoms with Gasteiger partial charge in [-0.05, 0) is 31.6 Å². The highest BCUT2D eigenvalue weighted by atomic mass is 31.2. The molecule has 0 radical (unpaired) electrons. The Kier molecular flexibility index (Phi) is 76.3. The van der Waals surface area contributed by atoms with Crippen LogP contribution in [-0.4, -0.2) is 96.7 Å². The van der Waals surface area contributed by atoms with E-state index in [9.17, 15) is 43.2 Å². The number of hydrogen-bond donors (Lipinski definition) is 3. The van der Waals surface area contributed by atoms with Crippen LogP contribution in [0.15, 0.2) is 0 Å². The van der Waals surface area contributed by atoms with Gasteiger partial charge in [0.25, 0.3) is 0 Å². The van der Waals surface area contributed by atoms with Gasteiger partial charge in [-0.1, -0.05) is 407 Å². The van der Waals surface area contributed by atoms with Gasteiger partial charge in [-0.2, -0.15) is 0 Å². The highest BCUT2D eigenvalue weighted by Gasteiger charge is 2.30. The van der Waals surface area contributed by atoms with E-state index in [0.717, 1.165) is 95.8 Å². The summed E-state index contributed by atoms with van der Waals surface area (Å²) >= 11 is 0. The van der Waals surface area contributed by atoms with Gasteiger partial charge in [-0.25, -0.2) is 9.13 Å². The number of phosphoric ester groups is 2. The number of carbonyl (C=O) groups is 4. The van der Waals surface area contributed by atoms with Crippen molar-refractivity contribution in [1.29, 1.82) is 0 Å². The lowest BCUT2D eigenvalue weighted by Gasteiger charge is -2.21. The zero-order valence-electron chi connectivity index (χ0n) is 68.2. The Morgan fingerprint density at radius 3 is 0.683 bits per heavy atom. The lowest BCUT2D eigenvalue weighted by atomic mass is 9.99. The van der Waals surface area contributed by atoms with Crippen LogP contribution >= 0.6 is 15.6 Å². The Labute approximate surface area is 638 Å². The number of aliphatic hydroxyl groups excluding tert-OH is 1. The smallest absolute Gasteiger partial charge is 0.462 e. The van der Waals surface area contributed by atoms with E-state index in [1.165, 1.54) is 283 Å². The lowest BCUT2D eigenvalue weighted by Crippen LogP contribution is -2.30. The summed E-state index contributed by atoms with van der Waals surface area (Å²) in [5, 5.41) is 10.7. The summed E-state index contributed by atoms with van der Waals surface area (Å²) in [5.74, 6) is -1.25. The van der Waals surface area contributed by atoms with Crippen molar-refractivity contribution in [3.05, 3.63) is 0 Å². The Morgan fingerprint density at radius 1 is 0.269 bits per heavy atom. The number of phosphoric acid groups is 2. The van der Waals surface area contributed by atoms with Crippen molar-refractivity contribution in [3.63, 3.8) is 0 Å². The molecule has 0 heterocycles. The number of esters is 4. The average Bonchev–Trinajstić information content (AvgIpc) is 0.908. The van der Waals surface area contributed by atoms with Crippen LogP contribution in [0.3, 0.4) is 0 Å². The topological polar surface area (TPSA) is 237 Å². The molecule has 0 bridgehead atoms. The first kappa shape index (κ1) is 102. The fourth-order valence-electron chi connectivity index (χ4n) is 13.3. The van der Waals surface area contributed by atoms with Gasteiger partial charge in [0.05, 0.1) is 26.4 Å². The van der Waals surface area contributed by atoms with E-state index >= 15 is 0 Å². The third-order valence-electron chi connectivity index (χ3n) is 20.4. The lowest BCUT2D eigenvalue weighted by molar-refractivity contribution is -0.161. The van der Waals surface area contributed by atoms with Crippen molar-refractivity contribution in [3.8, 4) is 0 Å². The predicted molar refractivity (Wildman–Crippen MR) is 428 cm³/mol. The van der Waals surface area contributed by atoms with Gasteiger partial charge < -0.3 is 33.8 Å². The Morgan fingerprint density at radius 2 is 0.462 bits per heavy atom. The molecule has 0 fully saturated rings. The molecule has 0 spiro atoms. The van der Waals surface area contributed by atoms with Crippen molar-refractivity contribution in [2.24, 2.45) is 5.92 Å². The van der Waals surface area contributed by atoms with Crippen LogP contribution in [0.2, 0.25) is 0 Å². The highest BCUT2D eigenvalue weighted by Crippen LogP contribution is 2.45. The predicted octanol–water partition coefficient (Wildman–Crippen LogP) is 26.0. The standard InChI is InChI=1S/C85H166O17P2/c1-6-10-13-16-19-22-25-27-29-31-32-34-36-42-46-51-56-61-66-71-85(90)102-81(75-96-83(88)69-64-59-54-49-44-40-38-37-39-43-47-52-57-62-67-78(5)9-4)77-100-104(93,94)98-73-79(86)72-97-103(91,92)99-76-80(74-95-82(87)68-63-58-53-48-24-21-18-15-12-8-3)101-84(89)70-65-60-55-50-45-41-35-33-30-28-26-23-20-17-14-11-7-2/h78-81,86H,6-77H2,1-5H3,(H,91,92)(H,93,94)/t78?,79-,80+,81+/m0/s1. The van der Waals surface area contributed by atoms with Crippen LogP contribution in [0.25, 0.3) is 0 Å². The van der Waals surface area contributed by atoms with Gasteiger partial charge in [0.2, 0.25) is 0 Å². The van der Waals surface area contributed by atoms with Gasteiger partial charge in [-0.3, -0.25) is 37.3 Å². The van der Waals surface area contributed by atoms with Crippen LogP contribution in [0.1, 0.15) is 458 Å². The third-order valence-corrected chi connectivity index (χ3v) is 22.3. The van der Waals surface area contributed by atoms with Crippen molar-refractivity contribution in [1.82, 2.24) is 0 Å². The summed E-state index contributed by atoms with van der Waals surface area (Å²) in [4.78, 5) is 73.2. The summed E-state index contributed by atoms with van der Waals surface area (Å²) < 4.78 is 68.9. The van der Waals surface area contributed by atoms with Crippen LogP contribution in [0.5, 0.6) is 0 Å². The highest BCUT2D eigenvalue weighted by molar-refractivity contribution is 7.47. The van der Waals surface area contributed by atoms with E-state index in [0.29, 0.717) is 25.7 Å². The Hall–Kier alpha value is -1.94. The van der Waals surface area contributed by atoms with Crippen LogP contribution in [0, 0.1) is 5.92 Å². The quantitative estimate of drug-likeness (QED) is 0.0222. The second-order valence-corrected chi connectivity index (χ2v) is 33.7. The minimum absolute atomic E-state index is 0.109. The molecule has 104 heavy (non-hydrogen) atoms. The van der Waals surface area contributed by atoms with E-state index in [4.69, 9.17) is 37.0 Å². The maximum atomic E-state index is 13.1. The van der Waals surface area contributed by atoms with Gasteiger partial charge >= 0.3 is 39.5 Å². The molecule has 0 aromatic carbocycles. The summed E-state index contributed by atoms with van der Waals surface area (Å²) in [5.41, 5.74) is 0. The van der Waals surface area contributed by atoms with Gasteiger partial charge in [0.15, 0.2) is 12.2 Å². The number of aliphatic hydroxyl groups is 1. The van der Waals surface area contributed by atoms with Crippen LogP contribution < -0.4 is 0 Å². The minimum atomic E-state index is -4.96. The maximum absolute atomic E-state index is 13.1. The van der Waals surface area contributed by atoms with Crippen molar-refractivity contribution >= 4 is 39.5 Å². The molecule has 19 heteroatoms. The van der Waals surface area contributed by atoms with Gasteiger partial charge in [0, 0.05) is 25.7 Å².